The van der Waals surface area contributed by atoms with E-state index in [-0.39, 0.29) is 5.92 Å². The van der Waals surface area contributed by atoms with E-state index < -0.39 is 0 Å². The number of imidazole rings is 1. The zero-order valence-electron chi connectivity index (χ0n) is 16.9. The average molecular weight is 390 g/mol. The Morgan fingerprint density at radius 2 is 1.90 bits per heavy atom. The van der Waals surface area contributed by atoms with Gasteiger partial charge in [-0.3, -0.25) is 0 Å². The van der Waals surface area contributed by atoms with Crippen molar-refractivity contribution in [3.63, 3.8) is 0 Å². The average Bonchev–Trinajstić information content (AvgIpc) is 3.13. The molecule has 4 N–H and O–H groups in total. The van der Waals surface area contributed by atoms with Crippen LogP contribution in [-0.4, -0.2) is 26.7 Å². The van der Waals surface area contributed by atoms with Gasteiger partial charge >= 0.3 is 0 Å². The predicted octanol–water partition coefficient (Wildman–Crippen LogP) is 4.15. The van der Waals surface area contributed by atoms with E-state index in [2.05, 4.69) is 35.5 Å². The van der Waals surface area contributed by atoms with Crippen molar-refractivity contribution in [3.05, 3.63) is 47.8 Å². The number of nitrogens with zero attached hydrogens (tertiary/aromatic N) is 4. The molecule has 0 radical (unpaired) electrons. The van der Waals surface area contributed by atoms with Gasteiger partial charge in [-0.25, -0.2) is 4.98 Å². The molecule has 2 heterocycles. The van der Waals surface area contributed by atoms with Crippen LogP contribution in [-0.2, 0) is 0 Å². The second-order valence-electron chi connectivity index (χ2n) is 8.03. The van der Waals surface area contributed by atoms with Crippen LogP contribution in [0.1, 0.15) is 56.7 Å². The van der Waals surface area contributed by atoms with E-state index in [1.807, 2.05) is 30.3 Å². The number of aromatic nitrogens is 3. The monoisotopic (exact) mass is 389 g/mol. The van der Waals surface area contributed by atoms with E-state index in [4.69, 9.17) is 10.8 Å². The fraction of sp³-hybridized carbons (Fsp3) is 0.409. The molecule has 0 amide bonds. The molecule has 29 heavy (non-hydrogen) atoms. The number of benzene rings is 1. The summed E-state index contributed by atoms with van der Waals surface area (Å²) in [4.78, 5) is 4.50. The molecule has 1 saturated carbocycles. The Hall–Kier alpha value is -3.11. The third-order valence-corrected chi connectivity index (χ3v) is 5.53. The van der Waals surface area contributed by atoms with Crippen molar-refractivity contribution in [2.45, 2.75) is 57.5 Å². The summed E-state index contributed by atoms with van der Waals surface area (Å²) in [6.45, 7) is 4.31. The van der Waals surface area contributed by atoms with Crippen molar-refractivity contribution in [2.24, 2.45) is 5.73 Å². The lowest BCUT2D eigenvalue weighted by atomic mass is 9.91. The summed E-state index contributed by atoms with van der Waals surface area (Å²) < 4.78 is 1.63. The number of fused-ring (bicyclic) bond motifs is 1. The van der Waals surface area contributed by atoms with Crippen molar-refractivity contribution in [2.75, 3.05) is 10.6 Å². The van der Waals surface area contributed by atoms with E-state index >= 15 is 0 Å². The number of nitrogens with one attached hydrogen (secondary N) is 2. The van der Waals surface area contributed by atoms with E-state index in [9.17, 15) is 5.26 Å². The summed E-state index contributed by atoms with van der Waals surface area (Å²) in [5.41, 5.74) is 10.1. The first-order valence-electron chi connectivity index (χ1n) is 10.2. The number of nitrogens with two attached hydrogens (primary N) is 1. The highest BCUT2D eigenvalue weighted by molar-refractivity contribution is 5.81. The summed E-state index contributed by atoms with van der Waals surface area (Å²) in [6.07, 6.45) is 5.65. The fourth-order valence-electron chi connectivity index (χ4n) is 4.00. The molecule has 4 rings (SSSR count). The Balaban J connectivity index is 1.83. The van der Waals surface area contributed by atoms with Crippen LogP contribution in [0, 0.1) is 11.3 Å². The third-order valence-electron chi connectivity index (χ3n) is 5.53. The Labute approximate surface area is 170 Å². The van der Waals surface area contributed by atoms with Crippen LogP contribution >= 0.6 is 0 Å². The lowest BCUT2D eigenvalue weighted by Gasteiger charge is -2.29. The first-order valence-corrected chi connectivity index (χ1v) is 10.2. The van der Waals surface area contributed by atoms with Crippen LogP contribution < -0.4 is 16.4 Å². The van der Waals surface area contributed by atoms with E-state index in [1.165, 1.54) is 0 Å². The van der Waals surface area contributed by atoms with Gasteiger partial charge in [0.2, 0.25) is 0 Å². The second-order valence-corrected chi connectivity index (χ2v) is 8.03. The van der Waals surface area contributed by atoms with Gasteiger partial charge in [0.25, 0.3) is 0 Å². The van der Waals surface area contributed by atoms with Crippen molar-refractivity contribution >= 4 is 22.8 Å². The summed E-state index contributed by atoms with van der Waals surface area (Å²) in [5.74, 6) is 1.02. The van der Waals surface area contributed by atoms with Crippen LogP contribution in [0.15, 0.2) is 36.5 Å². The molecule has 3 aromatic rings. The number of para-hydroxylation sites is 1. The van der Waals surface area contributed by atoms with Crippen molar-refractivity contribution in [1.82, 2.24) is 14.6 Å². The molecule has 2 aromatic heterocycles. The number of anilines is 3. The van der Waals surface area contributed by atoms with Crippen LogP contribution in [0.4, 0.5) is 17.2 Å². The number of rotatable bonds is 5. The first-order chi connectivity index (χ1) is 14.1. The SMILES string of the molecule is CC(C)c1c(N[C@H]2CC[C@H](N)CC2)nn2c(C#N)cnc2c1Nc1ccccc1. The van der Waals surface area contributed by atoms with Gasteiger partial charge in [-0.05, 0) is 43.7 Å². The standard InChI is InChI=1S/C22H27N7/c1-14(2)19-20(26-16-6-4-3-5-7-16)22-25-13-18(12-23)29(22)28-21(19)27-17-10-8-15(24)9-11-17/h3-7,13-15,17,26H,8-11,24H2,1-2H3,(H,27,28)/t15-,17-. The summed E-state index contributed by atoms with van der Waals surface area (Å²) in [5, 5.41) is 21.5. The molecule has 0 bridgehead atoms. The van der Waals surface area contributed by atoms with Crippen LogP contribution in [0.2, 0.25) is 0 Å². The molecular formula is C22H27N7. The molecule has 0 aliphatic heterocycles. The highest BCUT2D eigenvalue weighted by atomic mass is 15.3. The van der Waals surface area contributed by atoms with Gasteiger partial charge in [0.15, 0.2) is 17.2 Å². The second kappa shape index (κ2) is 8.10. The lowest BCUT2D eigenvalue weighted by molar-refractivity contribution is 0.410. The molecule has 0 atom stereocenters. The van der Waals surface area contributed by atoms with Gasteiger partial charge in [-0.2, -0.15) is 9.78 Å². The molecule has 1 aromatic carbocycles. The Morgan fingerprint density at radius 1 is 1.17 bits per heavy atom. The Kier molecular flexibility index (Phi) is 5.36. The quantitative estimate of drug-likeness (QED) is 0.605. The largest absolute Gasteiger partial charge is 0.366 e. The molecule has 7 heteroatoms. The van der Waals surface area contributed by atoms with Gasteiger partial charge in [0, 0.05) is 23.3 Å². The number of nitriles is 1. The zero-order valence-corrected chi connectivity index (χ0v) is 16.9. The normalized spacial score (nSPS) is 19.3. The third kappa shape index (κ3) is 3.89. The van der Waals surface area contributed by atoms with Crippen LogP contribution in [0.25, 0.3) is 5.65 Å². The topological polar surface area (TPSA) is 104 Å². The van der Waals surface area contributed by atoms with E-state index in [1.54, 1.807) is 10.7 Å². The smallest absolute Gasteiger partial charge is 0.179 e. The molecule has 1 fully saturated rings. The van der Waals surface area contributed by atoms with Crippen LogP contribution in [0.5, 0.6) is 0 Å². The van der Waals surface area contributed by atoms with Gasteiger partial charge in [0.05, 0.1) is 11.9 Å². The fourth-order valence-corrected chi connectivity index (χ4v) is 4.00. The van der Waals surface area contributed by atoms with Crippen molar-refractivity contribution in [3.8, 4) is 6.07 Å². The summed E-state index contributed by atoms with van der Waals surface area (Å²) in [6, 6.07) is 12.8. The molecule has 1 aliphatic carbocycles. The highest BCUT2D eigenvalue weighted by Gasteiger charge is 2.25. The van der Waals surface area contributed by atoms with E-state index in [0.29, 0.717) is 23.4 Å². The van der Waals surface area contributed by atoms with Gasteiger partial charge in [-0.15, -0.1) is 5.10 Å². The number of hydrogen-bond acceptors (Lipinski definition) is 6. The van der Waals surface area contributed by atoms with Crippen molar-refractivity contribution in [1.29, 1.82) is 5.26 Å². The summed E-state index contributed by atoms with van der Waals surface area (Å²) >= 11 is 0. The minimum Gasteiger partial charge on any atom is -0.366 e. The molecule has 0 saturated heterocycles. The molecule has 1 aliphatic rings. The maximum atomic E-state index is 9.52. The Bertz CT molecular complexity index is 1020. The maximum Gasteiger partial charge on any atom is 0.179 e. The highest BCUT2D eigenvalue weighted by Crippen LogP contribution is 2.36. The lowest BCUT2D eigenvalue weighted by Crippen LogP contribution is -2.33. The molecule has 0 spiro atoms. The minimum atomic E-state index is 0.217. The minimum absolute atomic E-state index is 0.217. The Morgan fingerprint density at radius 3 is 2.55 bits per heavy atom. The zero-order chi connectivity index (χ0) is 20.4. The van der Waals surface area contributed by atoms with E-state index in [0.717, 1.165) is 48.4 Å². The van der Waals surface area contributed by atoms with Gasteiger partial charge in [-0.1, -0.05) is 32.0 Å². The predicted molar refractivity (Wildman–Crippen MR) is 115 cm³/mol. The molecule has 0 unspecified atom stereocenters. The van der Waals surface area contributed by atoms with Gasteiger partial charge in [0.1, 0.15) is 6.07 Å². The number of hydrogen-bond donors (Lipinski definition) is 3. The molecule has 150 valence electrons. The maximum absolute atomic E-state index is 9.52. The molecular weight excluding hydrogens is 362 g/mol. The summed E-state index contributed by atoms with van der Waals surface area (Å²) in [7, 11) is 0. The van der Waals surface area contributed by atoms with Gasteiger partial charge < -0.3 is 16.4 Å². The van der Waals surface area contributed by atoms with Crippen LogP contribution in [0.3, 0.4) is 0 Å². The van der Waals surface area contributed by atoms with Crippen molar-refractivity contribution < 1.29 is 0 Å². The molecule has 7 nitrogen and oxygen atoms in total. The first kappa shape index (κ1) is 19.2.